The molecule has 0 aromatic carbocycles. The van der Waals surface area contributed by atoms with Gasteiger partial charge < -0.3 is 23.7 Å². The molecule has 9 heteroatoms. The molecule has 0 spiro atoms. The Morgan fingerprint density at radius 2 is 1.64 bits per heavy atom. The van der Waals surface area contributed by atoms with Crippen molar-refractivity contribution in [3.8, 4) is 0 Å². The average molecular weight is 338 g/mol. The number of rotatable bonds is 2. The summed E-state index contributed by atoms with van der Waals surface area (Å²) in [6, 6.07) is 0. The summed E-state index contributed by atoms with van der Waals surface area (Å²) in [5, 5.41) is 0. The molecule has 0 bridgehead atoms. The van der Waals surface area contributed by atoms with Crippen LogP contribution in [0.3, 0.4) is 0 Å². The van der Waals surface area contributed by atoms with Crippen molar-refractivity contribution in [2.75, 3.05) is 12.9 Å². The topological polar surface area (TPSA) is 89.5 Å². The third-order valence-corrected chi connectivity index (χ3v) is 4.28. The van der Waals surface area contributed by atoms with Crippen LogP contribution >= 0.6 is 0 Å². The van der Waals surface area contributed by atoms with Crippen molar-refractivity contribution in [3.63, 3.8) is 0 Å². The van der Waals surface area contributed by atoms with Crippen LogP contribution in [0.4, 0.5) is 0 Å². The zero-order valence-corrected chi connectivity index (χ0v) is 14.1. The van der Waals surface area contributed by atoms with E-state index in [9.17, 15) is 8.42 Å². The fraction of sp³-hybridized carbons (Fsp3) is 1.00. The molecule has 3 saturated heterocycles. The molecule has 0 saturated carbocycles. The summed E-state index contributed by atoms with van der Waals surface area (Å²) in [4.78, 5) is 0. The first-order valence-electron chi connectivity index (χ1n) is 7.17. The Morgan fingerprint density at radius 1 is 1.00 bits per heavy atom. The zero-order valence-electron chi connectivity index (χ0n) is 13.3. The van der Waals surface area contributed by atoms with Crippen molar-refractivity contribution in [1.82, 2.24) is 0 Å². The van der Waals surface area contributed by atoms with E-state index >= 15 is 0 Å². The lowest BCUT2D eigenvalue weighted by atomic mass is 9.97. The normalized spacial score (nSPS) is 43.4. The highest BCUT2D eigenvalue weighted by Gasteiger charge is 2.59. The molecule has 0 amide bonds. The van der Waals surface area contributed by atoms with E-state index in [1.54, 1.807) is 27.7 Å². The van der Waals surface area contributed by atoms with E-state index in [2.05, 4.69) is 0 Å². The lowest BCUT2D eigenvalue weighted by Gasteiger charge is -2.48. The van der Waals surface area contributed by atoms with Crippen molar-refractivity contribution < 1.29 is 36.3 Å². The number of ether oxygens (including phenoxy) is 5. The largest absolute Gasteiger partial charge is 0.348 e. The van der Waals surface area contributed by atoms with Crippen LogP contribution in [0.1, 0.15) is 27.7 Å². The van der Waals surface area contributed by atoms with Crippen LogP contribution in [0.15, 0.2) is 0 Å². The molecule has 0 unspecified atom stereocenters. The molecule has 3 fully saturated rings. The number of hydrogen-bond donors (Lipinski definition) is 0. The van der Waals surface area contributed by atoms with Gasteiger partial charge in [0.2, 0.25) is 0 Å². The molecular formula is C13H22O8S. The van der Waals surface area contributed by atoms with E-state index in [0.29, 0.717) is 0 Å². The Bertz CT molecular complexity index is 540. The highest BCUT2D eigenvalue weighted by atomic mass is 32.2. The lowest BCUT2D eigenvalue weighted by Crippen LogP contribution is -2.64. The molecule has 3 rings (SSSR count). The number of hydrogen-bond acceptors (Lipinski definition) is 8. The SMILES string of the molecule is CC1(C)O[C@@H]2O[C@H]3COC(C)(C)O[C@H]3[C@H](OS(C)(=O)=O)[C@H]2O1. The fourth-order valence-corrected chi connectivity index (χ4v) is 3.59. The van der Waals surface area contributed by atoms with Crippen LogP contribution in [0.25, 0.3) is 0 Å². The van der Waals surface area contributed by atoms with Crippen LogP contribution in [-0.4, -0.2) is 63.6 Å². The Hall–Kier alpha value is -0.290. The predicted octanol–water partition coefficient (Wildman–Crippen LogP) is 0.359. The Labute approximate surface area is 130 Å². The summed E-state index contributed by atoms with van der Waals surface area (Å²) in [6.45, 7) is 7.23. The standard InChI is InChI=1S/C13H22O8S/c1-12(2)16-6-7-8(18-12)9(21-22(5,14)15)10-11(17-7)20-13(3,4)19-10/h7-11H,6H2,1-5H3/t7-,8+,9-,10+,11-/m0/s1. The Balaban J connectivity index is 1.91. The van der Waals surface area contributed by atoms with Gasteiger partial charge in [-0.05, 0) is 27.7 Å². The molecule has 5 atom stereocenters. The van der Waals surface area contributed by atoms with Crippen LogP contribution in [0.5, 0.6) is 0 Å². The second kappa shape index (κ2) is 5.10. The van der Waals surface area contributed by atoms with E-state index in [4.69, 9.17) is 27.9 Å². The maximum absolute atomic E-state index is 11.6. The van der Waals surface area contributed by atoms with Gasteiger partial charge in [-0.25, -0.2) is 0 Å². The van der Waals surface area contributed by atoms with Crippen molar-refractivity contribution in [1.29, 1.82) is 0 Å². The van der Waals surface area contributed by atoms with E-state index in [1.807, 2.05) is 0 Å². The minimum Gasteiger partial charge on any atom is -0.348 e. The summed E-state index contributed by atoms with van der Waals surface area (Å²) < 4.78 is 57.2. The molecule has 22 heavy (non-hydrogen) atoms. The van der Waals surface area contributed by atoms with Gasteiger partial charge in [0.25, 0.3) is 10.1 Å². The van der Waals surface area contributed by atoms with E-state index in [1.165, 1.54) is 0 Å². The van der Waals surface area contributed by atoms with Crippen LogP contribution in [0, 0.1) is 0 Å². The van der Waals surface area contributed by atoms with Gasteiger partial charge in [-0.1, -0.05) is 0 Å². The maximum Gasteiger partial charge on any atom is 0.264 e. The molecule has 0 N–H and O–H groups in total. The van der Waals surface area contributed by atoms with Gasteiger partial charge >= 0.3 is 0 Å². The first-order chi connectivity index (χ1) is 9.96. The Kier molecular flexibility index (Phi) is 3.84. The summed E-state index contributed by atoms with van der Waals surface area (Å²) in [7, 11) is -3.70. The second-order valence-corrected chi connectivity index (χ2v) is 8.30. The third-order valence-electron chi connectivity index (χ3n) is 3.71. The van der Waals surface area contributed by atoms with Gasteiger partial charge in [0, 0.05) is 0 Å². The average Bonchev–Trinajstić information content (AvgIpc) is 2.62. The smallest absolute Gasteiger partial charge is 0.264 e. The quantitative estimate of drug-likeness (QED) is 0.667. The third kappa shape index (κ3) is 3.30. The van der Waals surface area contributed by atoms with Crippen LogP contribution in [0.2, 0.25) is 0 Å². The summed E-state index contributed by atoms with van der Waals surface area (Å²) in [6.07, 6.45) is -2.39. The van der Waals surface area contributed by atoms with Crippen LogP contribution in [-0.2, 0) is 38.0 Å². The van der Waals surface area contributed by atoms with Gasteiger partial charge in [0.1, 0.15) is 24.4 Å². The molecule has 0 aromatic rings. The molecular weight excluding hydrogens is 316 g/mol. The summed E-state index contributed by atoms with van der Waals surface area (Å²) in [5.74, 6) is -1.75. The molecule has 0 aliphatic carbocycles. The highest BCUT2D eigenvalue weighted by Crippen LogP contribution is 2.41. The first kappa shape index (κ1) is 16.6. The van der Waals surface area contributed by atoms with E-state index in [-0.39, 0.29) is 6.61 Å². The van der Waals surface area contributed by atoms with Gasteiger partial charge in [-0.3, -0.25) is 4.18 Å². The molecule has 3 heterocycles. The Morgan fingerprint density at radius 3 is 2.27 bits per heavy atom. The molecule has 0 radical (unpaired) electrons. The minimum atomic E-state index is -3.70. The molecule has 3 aliphatic heterocycles. The van der Waals surface area contributed by atoms with E-state index in [0.717, 1.165) is 6.26 Å². The van der Waals surface area contributed by atoms with Gasteiger partial charge in [-0.2, -0.15) is 8.42 Å². The predicted molar refractivity (Wildman–Crippen MR) is 73.3 cm³/mol. The monoisotopic (exact) mass is 338 g/mol. The fourth-order valence-electron chi connectivity index (χ4n) is 2.97. The lowest BCUT2D eigenvalue weighted by molar-refractivity contribution is -0.362. The summed E-state index contributed by atoms with van der Waals surface area (Å²) in [5.41, 5.74) is 0. The second-order valence-electron chi connectivity index (χ2n) is 6.70. The molecule has 3 aliphatic rings. The van der Waals surface area contributed by atoms with Gasteiger partial charge in [-0.15, -0.1) is 0 Å². The number of fused-ring (bicyclic) bond motifs is 2. The highest BCUT2D eigenvalue weighted by molar-refractivity contribution is 7.86. The van der Waals surface area contributed by atoms with E-state index < -0.39 is 52.4 Å². The minimum absolute atomic E-state index is 0.258. The van der Waals surface area contributed by atoms with Crippen molar-refractivity contribution >= 4 is 10.1 Å². The van der Waals surface area contributed by atoms with Gasteiger partial charge in [0.05, 0.1) is 12.9 Å². The first-order valence-corrected chi connectivity index (χ1v) is 8.99. The maximum atomic E-state index is 11.6. The van der Waals surface area contributed by atoms with Crippen molar-refractivity contribution in [2.24, 2.45) is 0 Å². The van der Waals surface area contributed by atoms with Crippen molar-refractivity contribution in [2.45, 2.75) is 70.0 Å². The van der Waals surface area contributed by atoms with Gasteiger partial charge in [0.15, 0.2) is 17.9 Å². The molecule has 128 valence electrons. The molecule has 0 aromatic heterocycles. The van der Waals surface area contributed by atoms with Crippen molar-refractivity contribution in [3.05, 3.63) is 0 Å². The van der Waals surface area contributed by atoms with Crippen LogP contribution < -0.4 is 0 Å². The zero-order chi connectivity index (χ0) is 16.3. The summed E-state index contributed by atoms with van der Waals surface area (Å²) >= 11 is 0. The molecule has 8 nitrogen and oxygen atoms in total.